The Hall–Kier alpha value is -0.600. The average Bonchev–Trinajstić information content (AvgIpc) is 2.79. The fourth-order valence-corrected chi connectivity index (χ4v) is 3.38. The second kappa shape index (κ2) is 5.58. The lowest BCUT2D eigenvalue weighted by Crippen LogP contribution is -2.30. The standard InChI is InChI=1S/C15H21ClFN/c1-2-11-6-7-15(8-11,10-18)9-12-4-3-5-13(17)14(12)16/h3-5,11H,2,6-10,18H2,1H3. The SMILES string of the molecule is CCC1CCC(CN)(Cc2cccc(F)c2Cl)C1. The van der Waals surface area contributed by atoms with Gasteiger partial charge in [-0.05, 0) is 55.2 Å². The van der Waals surface area contributed by atoms with Crippen molar-refractivity contribution in [3.8, 4) is 0 Å². The summed E-state index contributed by atoms with van der Waals surface area (Å²) in [5.74, 6) is 0.437. The molecule has 1 aliphatic carbocycles. The Morgan fingerprint density at radius 2 is 2.28 bits per heavy atom. The molecule has 1 fully saturated rings. The fourth-order valence-electron chi connectivity index (χ4n) is 3.18. The Balaban J connectivity index is 2.18. The molecule has 2 atom stereocenters. The van der Waals surface area contributed by atoms with Gasteiger partial charge in [-0.25, -0.2) is 4.39 Å². The number of hydrogen-bond acceptors (Lipinski definition) is 1. The van der Waals surface area contributed by atoms with Gasteiger partial charge in [0.15, 0.2) is 0 Å². The third kappa shape index (κ3) is 2.70. The number of benzene rings is 1. The van der Waals surface area contributed by atoms with E-state index in [9.17, 15) is 4.39 Å². The lowest BCUT2D eigenvalue weighted by Gasteiger charge is -2.28. The topological polar surface area (TPSA) is 26.0 Å². The van der Waals surface area contributed by atoms with Crippen LogP contribution >= 0.6 is 11.6 Å². The largest absolute Gasteiger partial charge is 0.330 e. The van der Waals surface area contributed by atoms with Crippen LogP contribution in [0.3, 0.4) is 0 Å². The molecule has 3 heteroatoms. The van der Waals surface area contributed by atoms with Gasteiger partial charge in [0.2, 0.25) is 0 Å². The van der Waals surface area contributed by atoms with Crippen molar-refractivity contribution in [2.75, 3.05) is 6.54 Å². The lowest BCUT2D eigenvalue weighted by molar-refractivity contribution is 0.290. The summed E-state index contributed by atoms with van der Waals surface area (Å²) in [6, 6.07) is 5.06. The minimum absolute atomic E-state index is 0.123. The zero-order valence-corrected chi connectivity index (χ0v) is 11.6. The smallest absolute Gasteiger partial charge is 0.142 e. The van der Waals surface area contributed by atoms with Gasteiger partial charge in [-0.2, -0.15) is 0 Å². The Kier molecular flexibility index (Phi) is 4.29. The molecule has 0 aromatic heterocycles. The van der Waals surface area contributed by atoms with E-state index in [4.69, 9.17) is 17.3 Å². The van der Waals surface area contributed by atoms with Crippen molar-refractivity contribution in [1.29, 1.82) is 0 Å². The van der Waals surface area contributed by atoms with Crippen LogP contribution in [0.5, 0.6) is 0 Å². The van der Waals surface area contributed by atoms with E-state index in [0.717, 1.165) is 30.7 Å². The van der Waals surface area contributed by atoms with Crippen molar-refractivity contribution < 1.29 is 4.39 Å². The first-order chi connectivity index (χ1) is 8.60. The molecule has 100 valence electrons. The molecule has 0 aliphatic heterocycles. The highest BCUT2D eigenvalue weighted by atomic mass is 35.5. The van der Waals surface area contributed by atoms with E-state index in [1.165, 1.54) is 18.9 Å². The van der Waals surface area contributed by atoms with Gasteiger partial charge in [-0.15, -0.1) is 0 Å². The van der Waals surface area contributed by atoms with Crippen molar-refractivity contribution in [3.63, 3.8) is 0 Å². The Bertz CT molecular complexity index is 421. The van der Waals surface area contributed by atoms with Gasteiger partial charge in [-0.3, -0.25) is 0 Å². The summed E-state index contributed by atoms with van der Waals surface area (Å²) in [6.45, 7) is 2.89. The second-order valence-corrected chi connectivity index (χ2v) is 5.99. The first-order valence-corrected chi connectivity index (χ1v) is 7.11. The Labute approximate surface area is 114 Å². The summed E-state index contributed by atoms with van der Waals surface area (Å²) in [5.41, 5.74) is 7.01. The molecule has 18 heavy (non-hydrogen) atoms. The van der Waals surface area contributed by atoms with Crippen LogP contribution in [0.2, 0.25) is 5.02 Å². The molecule has 1 aromatic carbocycles. The van der Waals surface area contributed by atoms with Gasteiger partial charge in [0.25, 0.3) is 0 Å². The molecule has 1 saturated carbocycles. The Morgan fingerprint density at radius 1 is 1.50 bits per heavy atom. The first-order valence-electron chi connectivity index (χ1n) is 6.73. The zero-order valence-electron chi connectivity index (χ0n) is 10.9. The molecule has 1 nitrogen and oxygen atoms in total. The first kappa shape index (κ1) is 13.8. The predicted molar refractivity (Wildman–Crippen MR) is 74.2 cm³/mol. The highest BCUT2D eigenvalue weighted by molar-refractivity contribution is 6.31. The molecule has 1 aliphatic rings. The molecular formula is C15H21ClFN. The van der Waals surface area contributed by atoms with Gasteiger partial charge in [0, 0.05) is 0 Å². The zero-order chi connectivity index (χ0) is 13.2. The van der Waals surface area contributed by atoms with Crippen LogP contribution in [0.4, 0.5) is 4.39 Å². The molecule has 0 amide bonds. The molecule has 0 radical (unpaired) electrons. The summed E-state index contributed by atoms with van der Waals surface area (Å²) < 4.78 is 13.5. The molecule has 0 heterocycles. The molecular weight excluding hydrogens is 249 g/mol. The van der Waals surface area contributed by atoms with E-state index in [2.05, 4.69) is 6.92 Å². The predicted octanol–water partition coefficient (Wildman–Crippen LogP) is 4.18. The highest BCUT2D eigenvalue weighted by Crippen LogP contribution is 2.45. The number of nitrogens with two attached hydrogens (primary N) is 1. The molecule has 2 unspecified atom stereocenters. The highest BCUT2D eigenvalue weighted by Gasteiger charge is 2.37. The summed E-state index contributed by atoms with van der Waals surface area (Å²) >= 11 is 6.05. The summed E-state index contributed by atoms with van der Waals surface area (Å²) in [6.07, 6.45) is 5.53. The maximum atomic E-state index is 13.5. The summed E-state index contributed by atoms with van der Waals surface area (Å²) in [5, 5.41) is 0.269. The van der Waals surface area contributed by atoms with Gasteiger partial charge in [0.1, 0.15) is 5.82 Å². The van der Waals surface area contributed by atoms with Crippen LogP contribution in [-0.4, -0.2) is 6.54 Å². The number of halogens is 2. The van der Waals surface area contributed by atoms with Gasteiger partial charge >= 0.3 is 0 Å². The number of hydrogen-bond donors (Lipinski definition) is 1. The average molecular weight is 270 g/mol. The molecule has 0 spiro atoms. The summed E-state index contributed by atoms with van der Waals surface area (Å²) in [4.78, 5) is 0. The van der Waals surface area contributed by atoms with Crippen molar-refractivity contribution in [1.82, 2.24) is 0 Å². The normalized spacial score (nSPS) is 27.7. The second-order valence-electron chi connectivity index (χ2n) is 5.61. The molecule has 0 bridgehead atoms. The van der Waals surface area contributed by atoms with Crippen molar-refractivity contribution in [2.24, 2.45) is 17.1 Å². The van der Waals surface area contributed by atoms with E-state index in [1.807, 2.05) is 6.07 Å². The van der Waals surface area contributed by atoms with Crippen molar-refractivity contribution in [2.45, 2.75) is 39.0 Å². The van der Waals surface area contributed by atoms with E-state index in [1.54, 1.807) is 6.07 Å². The number of rotatable bonds is 4. The molecule has 2 N–H and O–H groups in total. The quantitative estimate of drug-likeness (QED) is 0.872. The van der Waals surface area contributed by atoms with E-state index in [0.29, 0.717) is 6.54 Å². The van der Waals surface area contributed by atoms with Gasteiger partial charge in [-0.1, -0.05) is 37.1 Å². The lowest BCUT2D eigenvalue weighted by atomic mass is 9.79. The maximum Gasteiger partial charge on any atom is 0.142 e. The fraction of sp³-hybridized carbons (Fsp3) is 0.600. The minimum atomic E-state index is -0.327. The molecule has 2 rings (SSSR count). The Morgan fingerprint density at radius 3 is 2.89 bits per heavy atom. The minimum Gasteiger partial charge on any atom is -0.330 e. The van der Waals surface area contributed by atoms with Crippen LogP contribution in [0, 0.1) is 17.2 Å². The summed E-state index contributed by atoms with van der Waals surface area (Å²) in [7, 11) is 0. The third-order valence-electron chi connectivity index (χ3n) is 4.41. The van der Waals surface area contributed by atoms with Crippen LogP contribution in [0.15, 0.2) is 18.2 Å². The van der Waals surface area contributed by atoms with Crippen LogP contribution in [0.25, 0.3) is 0 Å². The van der Waals surface area contributed by atoms with E-state index in [-0.39, 0.29) is 16.3 Å². The van der Waals surface area contributed by atoms with Crippen LogP contribution in [-0.2, 0) is 6.42 Å². The van der Waals surface area contributed by atoms with E-state index >= 15 is 0 Å². The van der Waals surface area contributed by atoms with Crippen LogP contribution < -0.4 is 5.73 Å². The monoisotopic (exact) mass is 269 g/mol. The molecule has 0 saturated heterocycles. The maximum absolute atomic E-state index is 13.5. The van der Waals surface area contributed by atoms with Crippen molar-refractivity contribution in [3.05, 3.63) is 34.6 Å². The van der Waals surface area contributed by atoms with Crippen LogP contribution in [0.1, 0.15) is 38.2 Å². The molecule has 1 aromatic rings. The van der Waals surface area contributed by atoms with E-state index < -0.39 is 0 Å². The van der Waals surface area contributed by atoms with Gasteiger partial charge < -0.3 is 5.73 Å². The van der Waals surface area contributed by atoms with Gasteiger partial charge in [0.05, 0.1) is 5.02 Å². The van der Waals surface area contributed by atoms with Crippen molar-refractivity contribution >= 4 is 11.6 Å². The third-order valence-corrected chi connectivity index (χ3v) is 4.84.